The molecule has 0 saturated carbocycles. The summed E-state index contributed by atoms with van der Waals surface area (Å²) >= 11 is 0. The number of H-pyrrole nitrogens is 1. The van der Waals surface area contributed by atoms with E-state index in [0.29, 0.717) is 11.8 Å². The van der Waals surface area contributed by atoms with Crippen LogP contribution in [0.2, 0.25) is 0 Å². The Kier molecular flexibility index (Phi) is 5.44. The Hall–Kier alpha value is -2.81. The van der Waals surface area contributed by atoms with Crippen molar-refractivity contribution < 1.29 is 0 Å². The number of imidazole rings is 1. The van der Waals surface area contributed by atoms with Crippen molar-refractivity contribution in [2.24, 2.45) is 5.92 Å². The van der Waals surface area contributed by atoms with Gasteiger partial charge in [-0.3, -0.25) is 0 Å². The van der Waals surface area contributed by atoms with Crippen molar-refractivity contribution in [3.05, 3.63) is 82.2 Å². The molecule has 1 atom stereocenters. The van der Waals surface area contributed by atoms with E-state index in [1.54, 1.807) is 0 Å². The number of nitrogens with one attached hydrogen (secondary N) is 1. The van der Waals surface area contributed by atoms with Gasteiger partial charge in [-0.2, -0.15) is 0 Å². The van der Waals surface area contributed by atoms with E-state index in [0.717, 1.165) is 37.5 Å². The predicted octanol–water partition coefficient (Wildman–Crippen LogP) is 6.59. The molecule has 0 amide bonds. The first-order chi connectivity index (χ1) is 15.4. The van der Waals surface area contributed by atoms with Crippen molar-refractivity contribution in [3.63, 3.8) is 0 Å². The van der Waals surface area contributed by atoms with Gasteiger partial charge in [-0.05, 0) is 81.0 Å². The highest BCUT2D eigenvalue weighted by molar-refractivity contribution is 5.73. The normalized spacial score (nSPS) is 17.1. The maximum absolute atomic E-state index is 4.97. The van der Waals surface area contributed by atoms with Gasteiger partial charge < -0.3 is 9.88 Å². The summed E-state index contributed by atoms with van der Waals surface area (Å²) in [5.74, 6) is 2.38. The van der Waals surface area contributed by atoms with Crippen LogP contribution in [0.25, 0.3) is 17.1 Å². The van der Waals surface area contributed by atoms with Gasteiger partial charge in [0.2, 0.25) is 0 Å². The van der Waals surface area contributed by atoms with Gasteiger partial charge in [-0.1, -0.05) is 49.4 Å². The van der Waals surface area contributed by atoms with E-state index in [1.807, 2.05) is 0 Å². The number of hydrogen-bond donors (Lipinski definition) is 1. The highest BCUT2D eigenvalue weighted by Crippen LogP contribution is 2.35. The van der Waals surface area contributed by atoms with Crippen LogP contribution in [0.4, 0.5) is 0 Å². The molecule has 32 heavy (non-hydrogen) atoms. The molecule has 1 N–H and O–H groups in total. The fourth-order valence-electron chi connectivity index (χ4n) is 5.57. The zero-order valence-electron chi connectivity index (χ0n) is 20.0. The SMILES string of the molecule is C=C(c1cc(-c2nc3c([nH]2)CC(C)C3)c(C)cc1C)N1CCC(c2ccc(C)cc2)CC1. The van der Waals surface area contributed by atoms with Gasteiger partial charge in [0.1, 0.15) is 5.82 Å². The molecule has 0 radical (unpaired) electrons. The molecule has 0 spiro atoms. The van der Waals surface area contributed by atoms with Crippen LogP contribution in [-0.4, -0.2) is 28.0 Å². The summed E-state index contributed by atoms with van der Waals surface area (Å²) in [4.78, 5) is 11.1. The summed E-state index contributed by atoms with van der Waals surface area (Å²) in [5, 5.41) is 0. The number of aromatic amines is 1. The number of fused-ring (bicyclic) bond motifs is 1. The largest absolute Gasteiger partial charge is 0.371 e. The minimum Gasteiger partial charge on any atom is -0.371 e. The maximum atomic E-state index is 4.97. The summed E-state index contributed by atoms with van der Waals surface area (Å²) < 4.78 is 0. The molecule has 1 fully saturated rings. The second kappa shape index (κ2) is 8.27. The number of aromatic nitrogens is 2. The van der Waals surface area contributed by atoms with Crippen LogP contribution in [0.5, 0.6) is 0 Å². The molecule has 1 aliphatic carbocycles. The van der Waals surface area contributed by atoms with E-state index >= 15 is 0 Å². The highest BCUT2D eigenvalue weighted by Gasteiger charge is 2.25. The Morgan fingerprint density at radius 2 is 1.72 bits per heavy atom. The van der Waals surface area contributed by atoms with E-state index < -0.39 is 0 Å². The topological polar surface area (TPSA) is 31.9 Å². The van der Waals surface area contributed by atoms with Gasteiger partial charge in [0, 0.05) is 35.6 Å². The number of nitrogens with zero attached hydrogens (tertiary/aromatic N) is 2. The average Bonchev–Trinajstić information content (AvgIpc) is 3.31. The summed E-state index contributed by atoms with van der Waals surface area (Å²) in [5.41, 5.74) is 11.6. The molecule has 1 aliphatic heterocycles. The first kappa shape index (κ1) is 21.1. The average molecular weight is 426 g/mol. The lowest BCUT2D eigenvalue weighted by Crippen LogP contribution is -2.31. The molecule has 1 aromatic heterocycles. The molecular formula is C29H35N3. The van der Waals surface area contributed by atoms with Crippen molar-refractivity contribution in [3.8, 4) is 11.4 Å². The molecule has 2 aliphatic rings. The molecule has 3 nitrogen and oxygen atoms in total. The van der Waals surface area contributed by atoms with E-state index in [1.165, 1.54) is 57.6 Å². The van der Waals surface area contributed by atoms with Crippen LogP contribution in [0.3, 0.4) is 0 Å². The van der Waals surface area contributed by atoms with Crippen molar-refractivity contribution in [2.45, 2.75) is 59.3 Å². The first-order valence-electron chi connectivity index (χ1n) is 12.1. The second-order valence-corrected chi connectivity index (χ2v) is 10.1. The number of aryl methyl sites for hydroxylation is 3. The molecule has 5 rings (SSSR count). The van der Waals surface area contributed by atoms with Gasteiger partial charge in [0.15, 0.2) is 0 Å². The van der Waals surface area contributed by atoms with Gasteiger partial charge in [0.05, 0.1) is 5.69 Å². The van der Waals surface area contributed by atoms with Gasteiger partial charge in [-0.25, -0.2) is 4.98 Å². The quantitative estimate of drug-likeness (QED) is 0.511. The van der Waals surface area contributed by atoms with Crippen LogP contribution in [0.1, 0.15) is 64.9 Å². The van der Waals surface area contributed by atoms with Gasteiger partial charge in [0.25, 0.3) is 0 Å². The Morgan fingerprint density at radius 1 is 1.00 bits per heavy atom. The van der Waals surface area contributed by atoms with Crippen molar-refractivity contribution in [1.82, 2.24) is 14.9 Å². The number of hydrogen-bond acceptors (Lipinski definition) is 2. The van der Waals surface area contributed by atoms with E-state index in [-0.39, 0.29) is 0 Å². The Morgan fingerprint density at radius 3 is 2.41 bits per heavy atom. The third kappa shape index (κ3) is 3.90. The minimum atomic E-state index is 0.655. The lowest BCUT2D eigenvalue weighted by atomic mass is 9.88. The highest BCUT2D eigenvalue weighted by atomic mass is 15.1. The third-order valence-electron chi connectivity index (χ3n) is 7.52. The Labute approximate surface area is 192 Å². The van der Waals surface area contributed by atoms with Crippen LogP contribution in [-0.2, 0) is 12.8 Å². The fourth-order valence-corrected chi connectivity index (χ4v) is 5.57. The van der Waals surface area contributed by atoms with Crippen LogP contribution in [0.15, 0.2) is 43.0 Å². The van der Waals surface area contributed by atoms with Crippen LogP contribution < -0.4 is 0 Å². The van der Waals surface area contributed by atoms with Gasteiger partial charge in [-0.15, -0.1) is 0 Å². The monoisotopic (exact) mass is 425 g/mol. The van der Waals surface area contributed by atoms with Crippen molar-refractivity contribution in [1.29, 1.82) is 0 Å². The lowest BCUT2D eigenvalue weighted by molar-refractivity contribution is 0.299. The van der Waals surface area contributed by atoms with E-state index in [9.17, 15) is 0 Å². The van der Waals surface area contributed by atoms with Crippen molar-refractivity contribution >= 4 is 5.70 Å². The summed E-state index contributed by atoms with van der Waals surface area (Å²) in [7, 11) is 0. The number of piperidine rings is 1. The molecule has 1 unspecified atom stereocenters. The standard InChI is InChI=1S/C29H35N3/c1-18-6-8-23(9-7-18)24-10-12-32(13-11-24)22(5)25-17-26(21(4)16-20(25)3)29-30-27-14-19(2)15-28(27)31-29/h6-9,16-17,19,24H,5,10-15H2,1-4H3,(H,30,31). The predicted molar refractivity (Wildman–Crippen MR) is 134 cm³/mol. The first-order valence-corrected chi connectivity index (χ1v) is 12.1. The summed E-state index contributed by atoms with van der Waals surface area (Å²) in [6.45, 7) is 15.5. The molecule has 2 heterocycles. The molecule has 166 valence electrons. The Bertz CT molecular complexity index is 1120. The van der Waals surface area contributed by atoms with E-state index in [2.05, 4.69) is 80.6 Å². The number of rotatable bonds is 4. The molecule has 0 bridgehead atoms. The summed E-state index contributed by atoms with van der Waals surface area (Å²) in [6.07, 6.45) is 4.57. The smallest absolute Gasteiger partial charge is 0.138 e. The summed E-state index contributed by atoms with van der Waals surface area (Å²) in [6, 6.07) is 13.7. The van der Waals surface area contributed by atoms with E-state index in [4.69, 9.17) is 4.98 Å². The zero-order chi connectivity index (χ0) is 22.4. The maximum Gasteiger partial charge on any atom is 0.138 e. The number of likely N-dealkylation sites (tertiary alicyclic amines) is 1. The lowest BCUT2D eigenvalue weighted by Gasteiger charge is -2.35. The number of benzene rings is 2. The fraction of sp³-hybridized carbons (Fsp3) is 0.414. The molecule has 1 saturated heterocycles. The third-order valence-corrected chi connectivity index (χ3v) is 7.52. The molecule has 3 heteroatoms. The van der Waals surface area contributed by atoms with Gasteiger partial charge >= 0.3 is 0 Å². The second-order valence-electron chi connectivity index (χ2n) is 10.1. The molecular weight excluding hydrogens is 390 g/mol. The van der Waals surface area contributed by atoms with Crippen molar-refractivity contribution in [2.75, 3.05) is 13.1 Å². The zero-order valence-corrected chi connectivity index (χ0v) is 20.0. The minimum absolute atomic E-state index is 0.655. The Balaban J connectivity index is 1.34. The molecule has 3 aromatic rings. The van der Waals surface area contributed by atoms with Crippen LogP contribution >= 0.6 is 0 Å². The molecule has 2 aromatic carbocycles. The van der Waals surface area contributed by atoms with Crippen LogP contribution in [0, 0.1) is 26.7 Å².